The number of piperazine rings is 1. The number of hydrogen-bond acceptors (Lipinski definition) is 6. The van der Waals surface area contributed by atoms with Gasteiger partial charge in [0, 0.05) is 55.6 Å². The van der Waals surface area contributed by atoms with Gasteiger partial charge in [-0.3, -0.25) is 9.36 Å². The summed E-state index contributed by atoms with van der Waals surface area (Å²) < 4.78 is 16.6. The predicted molar refractivity (Wildman–Crippen MR) is 121 cm³/mol. The van der Waals surface area contributed by atoms with Gasteiger partial charge in [-0.1, -0.05) is 12.8 Å². The summed E-state index contributed by atoms with van der Waals surface area (Å²) in [4.78, 5) is 23.9. The summed E-state index contributed by atoms with van der Waals surface area (Å²) in [6.45, 7) is 5.19. The lowest BCUT2D eigenvalue weighted by atomic mass is 10.1. The number of anilines is 3. The standard InChI is InChI=1S/C23H27FN6O/c1-15-12-21(31)30(17-4-2-3-5-17)22-18(15)14-26-23(28-22)27-16-6-7-20(19(24)13-16)29-10-8-25-9-11-29/h6-7,12-14,17,25H,2-5,8-11H2,1H3,(H,26,27,28). The Hall–Kier alpha value is -3.00. The minimum atomic E-state index is -0.272. The number of pyridine rings is 1. The summed E-state index contributed by atoms with van der Waals surface area (Å²) in [5.41, 5.74) is 2.68. The molecule has 1 saturated carbocycles. The van der Waals surface area contributed by atoms with Crippen molar-refractivity contribution in [2.45, 2.75) is 38.6 Å². The van der Waals surface area contributed by atoms with Crippen LogP contribution in [0.25, 0.3) is 11.0 Å². The number of rotatable bonds is 4. The molecule has 162 valence electrons. The molecule has 1 saturated heterocycles. The molecule has 0 radical (unpaired) electrons. The average Bonchev–Trinajstić information content (AvgIpc) is 3.29. The first kappa shape index (κ1) is 19.9. The quantitative estimate of drug-likeness (QED) is 0.670. The van der Waals surface area contributed by atoms with Crippen LogP contribution in [0.5, 0.6) is 0 Å². The van der Waals surface area contributed by atoms with Crippen LogP contribution < -0.4 is 21.1 Å². The van der Waals surface area contributed by atoms with E-state index in [1.165, 1.54) is 6.07 Å². The molecular weight excluding hydrogens is 395 g/mol. The highest BCUT2D eigenvalue weighted by Crippen LogP contribution is 2.31. The van der Waals surface area contributed by atoms with Gasteiger partial charge in [-0.15, -0.1) is 0 Å². The molecule has 0 unspecified atom stereocenters. The first-order valence-corrected chi connectivity index (χ1v) is 11.0. The van der Waals surface area contributed by atoms with Gasteiger partial charge >= 0.3 is 0 Å². The summed E-state index contributed by atoms with van der Waals surface area (Å²) in [7, 11) is 0. The van der Waals surface area contributed by atoms with Gasteiger partial charge in [-0.2, -0.15) is 4.98 Å². The lowest BCUT2D eigenvalue weighted by Crippen LogP contribution is -2.43. The number of aryl methyl sites for hydroxylation is 1. The minimum absolute atomic E-state index is 0.0204. The molecule has 7 nitrogen and oxygen atoms in total. The smallest absolute Gasteiger partial charge is 0.252 e. The van der Waals surface area contributed by atoms with E-state index in [9.17, 15) is 9.18 Å². The molecule has 31 heavy (non-hydrogen) atoms. The number of benzene rings is 1. The first-order valence-electron chi connectivity index (χ1n) is 11.0. The fraction of sp³-hybridized carbons (Fsp3) is 0.435. The Labute approximate surface area is 180 Å². The average molecular weight is 423 g/mol. The van der Waals surface area contributed by atoms with Crippen molar-refractivity contribution >= 4 is 28.4 Å². The summed E-state index contributed by atoms with van der Waals surface area (Å²) in [6.07, 6.45) is 5.98. The van der Waals surface area contributed by atoms with Crippen LogP contribution in [0.15, 0.2) is 35.3 Å². The summed E-state index contributed by atoms with van der Waals surface area (Å²) in [6, 6.07) is 6.96. The number of nitrogens with zero attached hydrogens (tertiary/aromatic N) is 4. The fourth-order valence-corrected chi connectivity index (χ4v) is 4.72. The van der Waals surface area contributed by atoms with Gasteiger partial charge in [-0.25, -0.2) is 9.37 Å². The van der Waals surface area contributed by atoms with E-state index >= 15 is 0 Å². The van der Waals surface area contributed by atoms with Crippen molar-refractivity contribution in [2.75, 3.05) is 36.4 Å². The monoisotopic (exact) mass is 422 g/mol. The third-order valence-electron chi connectivity index (χ3n) is 6.35. The Morgan fingerprint density at radius 1 is 1.16 bits per heavy atom. The topological polar surface area (TPSA) is 75.1 Å². The van der Waals surface area contributed by atoms with Crippen LogP contribution in [0.1, 0.15) is 37.3 Å². The predicted octanol–water partition coefficient (Wildman–Crippen LogP) is 3.51. The molecule has 0 bridgehead atoms. The van der Waals surface area contributed by atoms with Gasteiger partial charge in [-0.05, 0) is 43.5 Å². The van der Waals surface area contributed by atoms with E-state index < -0.39 is 0 Å². The van der Waals surface area contributed by atoms with Crippen LogP contribution >= 0.6 is 0 Å². The third-order valence-corrected chi connectivity index (χ3v) is 6.35. The molecule has 8 heteroatoms. The van der Waals surface area contributed by atoms with Crippen molar-refractivity contribution in [1.82, 2.24) is 19.9 Å². The Kier molecular flexibility index (Phi) is 5.31. The van der Waals surface area contributed by atoms with Crippen molar-refractivity contribution in [3.05, 3.63) is 52.2 Å². The minimum Gasteiger partial charge on any atom is -0.367 e. The maximum Gasteiger partial charge on any atom is 0.252 e. The number of aromatic nitrogens is 3. The van der Waals surface area contributed by atoms with E-state index in [0.29, 0.717) is 23.0 Å². The fourth-order valence-electron chi connectivity index (χ4n) is 4.72. The normalized spacial score (nSPS) is 17.4. The third kappa shape index (κ3) is 3.87. The van der Waals surface area contributed by atoms with Crippen molar-refractivity contribution in [3.8, 4) is 0 Å². The largest absolute Gasteiger partial charge is 0.367 e. The highest BCUT2D eigenvalue weighted by atomic mass is 19.1. The van der Waals surface area contributed by atoms with Crippen molar-refractivity contribution in [1.29, 1.82) is 0 Å². The molecule has 3 heterocycles. The number of hydrogen-bond donors (Lipinski definition) is 2. The van der Waals surface area contributed by atoms with E-state index in [1.807, 2.05) is 22.5 Å². The maximum absolute atomic E-state index is 14.8. The zero-order valence-electron chi connectivity index (χ0n) is 17.7. The SMILES string of the molecule is Cc1cc(=O)n(C2CCCC2)c2nc(Nc3ccc(N4CCNCC4)c(F)c3)ncc12. The van der Waals surface area contributed by atoms with E-state index in [1.54, 1.807) is 18.3 Å². The van der Waals surface area contributed by atoms with Crippen LogP contribution in [0, 0.1) is 12.7 Å². The molecule has 5 rings (SSSR count). The first-order chi connectivity index (χ1) is 15.1. The Balaban J connectivity index is 1.47. The van der Waals surface area contributed by atoms with Crippen LogP contribution in [0.4, 0.5) is 21.7 Å². The number of fused-ring (bicyclic) bond motifs is 1. The molecule has 0 amide bonds. The molecule has 2 N–H and O–H groups in total. The molecular formula is C23H27FN6O. The maximum atomic E-state index is 14.8. The van der Waals surface area contributed by atoms with E-state index in [2.05, 4.69) is 20.6 Å². The van der Waals surface area contributed by atoms with Crippen LogP contribution in [-0.4, -0.2) is 40.7 Å². The molecule has 0 atom stereocenters. The second-order valence-corrected chi connectivity index (χ2v) is 8.43. The van der Waals surface area contributed by atoms with Gasteiger partial charge < -0.3 is 15.5 Å². The Bertz CT molecular complexity index is 1160. The number of nitrogens with one attached hydrogen (secondary N) is 2. The van der Waals surface area contributed by atoms with Crippen LogP contribution in [0.3, 0.4) is 0 Å². The van der Waals surface area contributed by atoms with Gasteiger partial charge in [0.1, 0.15) is 11.5 Å². The summed E-state index contributed by atoms with van der Waals surface area (Å²) in [5, 5.41) is 7.27. The van der Waals surface area contributed by atoms with Gasteiger partial charge in [0.25, 0.3) is 5.56 Å². The number of halogens is 1. The lowest BCUT2D eigenvalue weighted by molar-refractivity contribution is 0.515. The van der Waals surface area contributed by atoms with Crippen molar-refractivity contribution < 1.29 is 4.39 Å². The lowest BCUT2D eigenvalue weighted by Gasteiger charge is -2.29. The highest BCUT2D eigenvalue weighted by Gasteiger charge is 2.22. The second-order valence-electron chi connectivity index (χ2n) is 8.43. The molecule has 1 aromatic carbocycles. The summed E-state index contributed by atoms with van der Waals surface area (Å²) in [5.74, 6) is 0.0879. The molecule has 2 aromatic heterocycles. The van der Waals surface area contributed by atoms with Crippen LogP contribution in [0.2, 0.25) is 0 Å². The second kappa shape index (κ2) is 8.26. The highest BCUT2D eigenvalue weighted by molar-refractivity contribution is 5.79. The molecule has 1 aliphatic carbocycles. The van der Waals surface area contributed by atoms with Gasteiger partial charge in [0.05, 0.1) is 5.69 Å². The van der Waals surface area contributed by atoms with E-state index in [0.717, 1.165) is 62.8 Å². The van der Waals surface area contributed by atoms with E-state index in [-0.39, 0.29) is 17.4 Å². The zero-order chi connectivity index (χ0) is 21.4. The summed E-state index contributed by atoms with van der Waals surface area (Å²) >= 11 is 0. The Morgan fingerprint density at radius 2 is 1.94 bits per heavy atom. The van der Waals surface area contributed by atoms with E-state index in [4.69, 9.17) is 0 Å². The zero-order valence-corrected chi connectivity index (χ0v) is 17.7. The Morgan fingerprint density at radius 3 is 2.68 bits per heavy atom. The van der Waals surface area contributed by atoms with Gasteiger partial charge in [0.2, 0.25) is 5.95 Å². The van der Waals surface area contributed by atoms with Gasteiger partial charge in [0.15, 0.2) is 0 Å². The molecule has 2 aliphatic rings. The van der Waals surface area contributed by atoms with Crippen LogP contribution in [-0.2, 0) is 0 Å². The molecule has 1 aliphatic heterocycles. The van der Waals surface area contributed by atoms with Crippen molar-refractivity contribution in [2.24, 2.45) is 0 Å². The molecule has 0 spiro atoms. The molecule has 3 aromatic rings. The van der Waals surface area contributed by atoms with Crippen molar-refractivity contribution in [3.63, 3.8) is 0 Å². The molecule has 2 fully saturated rings.